The van der Waals surface area contributed by atoms with Crippen molar-refractivity contribution in [1.82, 2.24) is 10.6 Å². The van der Waals surface area contributed by atoms with Gasteiger partial charge in [-0.3, -0.25) is 19.2 Å². The lowest BCUT2D eigenvalue weighted by atomic mass is 10.1. The standard InChI is InChI=1S/C16H22N4O7S/c17-8-1-3-11(21)12(5-8)28-7-10(15(25)19-6-14(23)24)20-13(22)4-2-9(18)16(26)27/h1,3,5,9-10,21H,2,4,6-7,17-18H2,(H,19,25)(H,20,22)(H,23,24)(H,26,27)/t9-,10-/m0/s1. The second-order valence-corrected chi connectivity index (χ2v) is 6.82. The highest BCUT2D eigenvalue weighted by Crippen LogP contribution is 2.30. The molecule has 1 aromatic carbocycles. The lowest BCUT2D eigenvalue weighted by Crippen LogP contribution is -2.49. The minimum absolute atomic E-state index is 0.0286. The van der Waals surface area contributed by atoms with Crippen molar-refractivity contribution in [2.24, 2.45) is 5.73 Å². The fourth-order valence-corrected chi connectivity index (χ4v) is 2.98. The van der Waals surface area contributed by atoms with E-state index < -0.39 is 42.4 Å². The lowest BCUT2D eigenvalue weighted by Gasteiger charge is -2.18. The number of thioether (sulfide) groups is 1. The molecule has 0 aliphatic heterocycles. The van der Waals surface area contributed by atoms with Crippen LogP contribution >= 0.6 is 11.8 Å². The van der Waals surface area contributed by atoms with Gasteiger partial charge in [-0.15, -0.1) is 11.8 Å². The number of anilines is 1. The monoisotopic (exact) mass is 414 g/mol. The van der Waals surface area contributed by atoms with Crippen LogP contribution in [-0.4, -0.2) is 63.5 Å². The molecule has 0 aliphatic rings. The van der Waals surface area contributed by atoms with E-state index in [0.717, 1.165) is 11.8 Å². The van der Waals surface area contributed by atoms with Crippen molar-refractivity contribution in [2.45, 2.75) is 29.8 Å². The van der Waals surface area contributed by atoms with E-state index in [4.69, 9.17) is 21.7 Å². The molecule has 154 valence electrons. The van der Waals surface area contributed by atoms with Gasteiger partial charge in [-0.2, -0.15) is 0 Å². The Morgan fingerprint density at radius 2 is 1.86 bits per heavy atom. The fourth-order valence-electron chi connectivity index (χ4n) is 1.96. The second-order valence-electron chi connectivity index (χ2n) is 5.75. The van der Waals surface area contributed by atoms with Crippen LogP contribution in [0.25, 0.3) is 0 Å². The number of amides is 2. The maximum absolute atomic E-state index is 12.2. The predicted molar refractivity (Wildman–Crippen MR) is 101 cm³/mol. The van der Waals surface area contributed by atoms with E-state index in [-0.39, 0.29) is 24.3 Å². The molecule has 0 saturated heterocycles. The van der Waals surface area contributed by atoms with Gasteiger partial charge in [-0.1, -0.05) is 0 Å². The van der Waals surface area contributed by atoms with Gasteiger partial charge in [0, 0.05) is 17.9 Å². The smallest absolute Gasteiger partial charge is 0.322 e. The molecule has 0 aliphatic carbocycles. The number of nitrogens with two attached hydrogens (primary N) is 2. The van der Waals surface area contributed by atoms with Gasteiger partial charge in [0.1, 0.15) is 24.4 Å². The van der Waals surface area contributed by atoms with E-state index in [1.54, 1.807) is 0 Å². The van der Waals surface area contributed by atoms with Gasteiger partial charge in [-0.05, 0) is 24.6 Å². The molecule has 28 heavy (non-hydrogen) atoms. The Balaban J connectivity index is 2.76. The fraction of sp³-hybridized carbons (Fsp3) is 0.375. The van der Waals surface area contributed by atoms with Crippen LogP contribution in [0.2, 0.25) is 0 Å². The Morgan fingerprint density at radius 3 is 2.46 bits per heavy atom. The molecule has 0 spiro atoms. The van der Waals surface area contributed by atoms with Crippen LogP contribution in [-0.2, 0) is 19.2 Å². The van der Waals surface area contributed by atoms with E-state index in [9.17, 15) is 24.3 Å². The number of phenols is 1. The highest BCUT2D eigenvalue weighted by atomic mass is 32.2. The molecule has 2 amide bonds. The van der Waals surface area contributed by atoms with Crippen molar-refractivity contribution in [1.29, 1.82) is 0 Å². The first-order valence-corrected chi connectivity index (χ1v) is 9.07. The molecule has 0 aromatic heterocycles. The number of phenolic OH excluding ortho intramolecular Hbond substituents is 1. The van der Waals surface area contributed by atoms with Crippen molar-refractivity contribution in [3.63, 3.8) is 0 Å². The molecule has 0 heterocycles. The molecule has 1 aromatic rings. The number of carbonyl (C=O) groups is 4. The Kier molecular flexibility index (Phi) is 9.05. The second kappa shape index (κ2) is 11.0. The normalized spacial score (nSPS) is 12.6. The van der Waals surface area contributed by atoms with Crippen molar-refractivity contribution >= 4 is 41.2 Å². The first-order valence-electron chi connectivity index (χ1n) is 8.08. The molecule has 0 unspecified atom stereocenters. The number of nitrogen functional groups attached to an aromatic ring is 1. The summed E-state index contributed by atoms with van der Waals surface area (Å²) in [5.74, 6) is -3.97. The van der Waals surface area contributed by atoms with E-state index >= 15 is 0 Å². The zero-order valence-electron chi connectivity index (χ0n) is 14.8. The van der Waals surface area contributed by atoms with Gasteiger partial charge in [0.05, 0.1) is 4.90 Å². The molecular formula is C16H22N4O7S. The van der Waals surface area contributed by atoms with Crippen LogP contribution < -0.4 is 22.1 Å². The Hall–Kier alpha value is -2.99. The third-order valence-corrected chi connectivity index (χ3v) is 4.59. The third-order valence-electron chi connectivity index (χ3n) is 3.45. The minimum atomic E-state index is -1.26. The summed E-state index contributed by atoms with van der Waals surface area (Å²) in [5, 5.41) is 31.8. The molecule has 2 atom stereocenters. The number of aliphatic carboxylic acids is 2. The molecule has 1 rings (SSSR count). The van der Waals surface area contributed by atoms with Gasteiger partial charge in [0.15, 0.2) is 0 Å². The molecule has 0 saturated carbocycles. The molecule has 0 fully saturated rings. The number of aromatic hydroxyl groups is 1. The van der Waals surface area contributed by atoms with Crippen LogP contribution in [0.3, 0.4) is 0 Å². The molecule has 0 bridgehead atoms. The van der Waals surface area contributed by atoms with Gasteiger partial charge in [-0.25, -0.2) is 0 Å². The number of benzene rings is 1. The van der Waals surface area contributed by atoms with Crippen LogP contribution in [0.5, 0.6) is 5.75 Å². The summed E-state index contributed by atoms with van der Waals surface area (Å²) in [5.41, 5.74) is 11.4. The van der Waals surface area contributed by atoms with Crippen LogP contribution in [0.1, 0.15) is 12.8 Å². The Bertz CT molecular complexity index is 744. The summed E-state index contributed by atoms with van der Waals surface area (Å²) in [6.45, 7) is -0.636. The number of hydrogen-bond donors (Lipinski definition) is 7. The number of carboxylic acid groups (broad SMARTS) is 2. The van der Waals surface area contributed by atoms with E-state index in [1.807, 2.05) is 0 Å². The third kappa shape index (κ3) is 8.14. The van der Waals surface area contributed by atoms with Gasteiger partial charge >= 0.3 is 11.9 Å². The van der Waals surface area contributed by atoms with Crippen molar-refractivity contribution < 1.29 is 34.5 Å². The van der Waals surface area contributed by atoms with E-state index in [2.05, 4.69) is 10.6 Å². The predicted octanol–water partition coefficient (Wildman–Crippen LogP) is -1.06. The van der Waals surface area contributed by atoms with Gasteiger partial charge in [0.2, 0.25) is 11.8 Å². The molecule has 0 radical (unpaired) electrons. The zero-order valence-corrected chi connectivity index (χ0v) is 15.6. The Morgan fingerprint density at radius 1 is 1.18 bits per heavy atom. The van der Waals surface area contributed by atoms with Crippen LogP contribution in [0.15, 0.2) is 23.1 Å². The van der Waals surface area contributed by atoms with E-state index in [1.165, 1.54) is 18.2 Å². The van der Waals surface area contributed by atoms with Crippen molar-refractivity contribution in [3.05, 3.63) is 18.2 Å². The molecule has 9 N–H and O–H groups in total. The maximum Gasteiger partial charge on any atom is 0.322 e. The van der Waals surface area contributed by atoms with E-state index in [0.29, 0.717) is 10.6 Å². The zero-order chi connectivity index (χ0) is 21.3. The summed E-state index contributed by atoms with van der Waals surface area (Å²) >= 11 is 1.03. The number of hydrogen-bond acceptors (Lipinski definition) is 8. The first-order chi connectivity index (χ1) is 13.1. The van der Waals surface area contributed by atoms with Gasteiger partial charge in [0.25, 0.3) is 0 Å². The number of nitrogens with one attached hydrogen (secondary N) is 2. The quantitative estimate of drug-likeness (QED) is 0.133. The lowest BCUT2D eigenvalue weighted by molar-refractivity contribution is -0.139. The van der Waals surface area contributed by atoms with Crippen LogP contribution in [0, 0.1) is 0 Å². The minimum Gasteiger partial charge on any atom is -0.507 e. The average Bonchev–Trinajstić information content (AvgIpc) is 2.63. The summed E-state index contributed by atoms with van der Waals surface area (Å²) < 4.78 is 0. The topological polar surface area (TPSA) is 205 Å². The summed E-state index contributed by atoms with van der Waals surface area (Å²) in [6.07, 6.45) is -0.363. The number of rotatable bonds is 11. The largest absolute Gasteiger partial charge is 0.507 e. The van der Waals surface area contributed by atoms with Crippen LogP contribution in [0.4, 0.5) is 5.69 Å². The average molecular weight is 414 g/mol. The maximum atomic E-state index is 12.2. The van der Waals surface area contributed by atoms with Crippen molar-refractivity contribution in [3.8, 4) is 5.75 Å². The van der Waals surface area contributed by atoms with Crippen molar-refractivity contribution in [2.75, 3.05) is 18.0 Å². The number of carboxylic acids is 2. The Labute approximate surface area is 164 Å². The SMILES string of the molecule is Nc1ccc(O)c(SC[C@H](NC(=O)CC[C@H](N)C(=O)O)C(=O)NCC(=O)O)c1. The summed E-state index contributed by atoms with van der Waals surface area (Å²) in [6, 6.07) is 2.01. The highest BCUT2D eigenvalue weighted by molar-refractivity contribution is 7.99. The summed E-state index contributed by atoms with van der Waals surface area (Å²) in [4.78, 5) is 45.9. The molecule has 11 nitrogen and oxygen atoms in total. The summed E-state index contributed by atoms with van der Waals surface area (Å²) in [7, 11) is 0. The molecule has 12 heteroatoms. The van der Waals surface area contributed by atoms with Gasteiger partial charge < -0.3 is 37.4 Å². The first kappa shape index (κ1) is 23.0. The number of carbonyl (C=O) groups excluding carboxylic acids is 2. The molecular weight excluding hydrogens is 392 g/mol. The highest BCUT2D eigenvalue weighted by Gasteiger charge is 2.23.